The van der Waals surface area contributed by atoms with Gasteiger partial charge in [-0.1, -0.05) is 24.6 Å². The summed E-state index contributed by atoms with van der Waals surface area (Å²) in [6.07, 6.45) is 12.0. The number of halogens is 1. The van der Waals surface area contributed by atoms with Crippen molar-refractivity contribution in [3.63, 3.8) is 0 Å². The first-order valence-corrected chi connectivity index (χ1v) is 13.2. The van der Waals surface area contributed by atoms with Crippen molar-refractivity contribution in [2.24, 2.45) is 5.92 Å². The molecule has 0 radical (unpaired) electrons. The van der Waals surface area contributed by atoms with Crippen molar-refractivity contribution < 1.29 is 14.0 Å². The van der Waals surface area contributed by atoms with Crippen LogP contribution >= 0.6 is 0 Å². The van der Waals surface area contributed by atoms with Crippen molar-refractivity contribution in [3.05, 3.63) is 94.8 Å². The minimum Gasteiger partial charge on any atom is -0.368 e. The van der Waals surface area contributed by atoms with Crippen molar-refractivity contribution >= 4 is 17.5 Å². The van der Waals surface area contributed by atoms with Gasteiger partial charge in [0, 0.05) is 57.9 Å². The molecule has 0 spiro atoms. The van der Waals surface area contributed by atoms with E-state index < -0.39 is 12.0 Å². The lowest BCUT2D eigenvalue weighted by Gasteiger charge is -2.42. The molecule has 0 N–H and O–H groups in total. The standard InChI is InChI=1S/C31H37FN4O2/c1-6-27(22(2)3)33(4)17-16-28-29(25-10-8-7-9-11-26(25)30(37)34(28)5)31(38)36-20-18-35(19-21-36)24-14-12-23(32)13-15-24/h7-8,10-17,28-29H,6,18-21H2,1-5H3/b17-16+. The monoisotopic (exact) mass is 516 g/mol. The number of piperazine rings is 1. The maximum Gasteiger partial charge on any atom is 0.255 e. The van der Waals surface area contributed by atoms with E-state index in [4.69, 9.17) is 0 Å². The summed E-state index contributed by atoms with van der Waals surface area (Å²) in [6.45, 7) is 8.72. The first kappa shape index (κ1) is 27.2. The number of carbonyl (C=O) groups is 2. The summed E-state index contributed by atoms with van der Waals surface area (Å²) in [4.78, 5) is 35.3. The predicted molar refractivity (Wildman–Crippen MR) is 150 cm³/mol. The maximum atomic E-state index is 14.2. The summed E-state index contributed by atoms with van der Waals surface area (Å²) in [5, 5.41) is 0. The molecular formula is C31H37FN4O2. The Labute approximate surface area is 225 Å². The van der Waals surface area contributed by atoms with Crippen molar-refractivity contribution in [1.82, 2.24) is 14.7 Å². The molecule has 0 saturated carbocycles. The molecule has 2 amide bonds. The molecule has 1 aromatic carbocycles. The van der Waals surface area contributed by atoms with Crippen LogP contribution in [0.3, 0.4) is 0 Å². The fourth-order valence-corrected chi connectivity index (χ4v) is 5.52. The maximum absolute atomic E-state index is 14.2. The molecule has 6 nitrogen and oxygen atoms in total. The number of amides is 2. The second-order valence-electron chi connectivity index (χ2n) is 10.1. The van der Waals surface area contributed by atoms with E-state index in [1.54, 1.807) is 36.2 Å². The minimum atomic E-state index is -0.535. The summed E-state index contributed by atoms with van der Waals surface area (Å²) in [7, 11) is 3.77. The van der Waals surface area contributed by atoms with E-state index in [9.17, 15) is 14.0 Å². The zero-order chi connectivity index (χ0) is 27.4. The second-order valence-corrected chi connectivity index (χ2v) is 10.1. The Morgan fingerprint density at radius 1 is 1.16 bits per heavy atom. The average molecular weight is 517 g/mol. The highest BCUT2D eigenvalue weighted by atomic mass is 19.1. The lowest BCUT2D eigenvalue weighted by Crippen LogP contribution is -2.56. The molecule has 1 saturated heterocycles. The Bertz CT molecular complexity index is 1260. The molecule has 2 unspecified atom stereocenters. The fourth-order valence-electron chi connectivity index (χ4n) is 5.52. The van der Waals surface area contributed by atoms with Gasteiger partial charge in [0.05, 0.1) is 17.5 Å². The molecule has 2 aliphatic heterocycles. The van der Waals surface area contributed by atoms with E-state index in [-0.39, 0.29) is 17.6 Å². The van der Waals surface area contributed by atoms with E-state index >= 15 is 0 Å². The number of hydrogen-bond acceptors (Lipinski definition) is 4. The SMILES string of the molecule is CCC(=C(C)C)N(C)/C=C/C1C(C(=O)N2CCN(c3ccc(F)cc3)CC2)C2=C(C=C=CC=C2)C(=O)N1C. The van der Waals surface area contributed by atoms with Crippen molar-refractivity contribution in [1.29, 1.82) is 0 Å². The van der Waals surface area contributed by atoms with Crippen LogP contribution in [0.15, 0.2) is 89.0 Å². The summed E-state index contributed by atoms with van der Waals surface area (Å²) in [5.74, 6) is -0.908. The van der Waals surface area contributed by atoms with E-state index in [1.807, 2.05) is 36.4 Å². The van der Waals surface area contributed by atoms with Crippen LogP contribution in [0.4, 0.5) is 10.1 Å². The number of benzene rings is 1. The molecule has 0 aromatic heterocycles. The predicted octanol–water partition coefficient (Wildman–Crippen LogP) is 4.66. The fraction of sp³-hybridized carbons (Fsp3) is 0.387. The van der Waals surface area contributed by atoms with Gasteiger partial charge in [0.1, 0.15) is 5.82 Å². The number of likely N-dealkylation sites (N-methyl/N-ethyl adjacent to an activating group) is 1. The van der Waals surface area contributed by atoms with Gasteiger partial charge in [0.2, 0.25) is 5.91 Å². The van der Waals surface area contributed by atoms with Gasteiger partial charge in [0.25, 0.3) is 5.91 Å². The van der Waals surface area contributed by atoms with Crippen LogP contribution in [-0.2, 0) is 9.59 Å². The van der Waals surface area contributed by atoms with Crippen LogP contribution < -0.4 is 4.90 Å². The first-order valence-electron chi connectivity index (χ1n) is 13.2. The number of carbonyl (C=O) groups excluding carboxylic acids is 2. The molecule has 4 rings (SSSR count). The van der Waals surface area contributed by atoms with Crippen LogP contribution in [0, 0.1) is 11.7 Å². The molecule has 7 heteroatoms. The number of allylic oxidation sites excluding steroid dienone is 4. The summed E-state index contributed by atoms with van der Waals surface area (Å²) in [6, 6.07) is 6.04. The van der Waals surface area contributed by atoms with E-state index in [0.29, 0.717) is 31.8 Å². The topological polar surface area (TPSA) is 47.1 Å². The molecule has 2 heterocycles. The molecule has 3 aliphatic rings. The van der Waals surface area contributed by atoms with Gasteiger partial charge in [-0.3, -0.25) is 9.59 Å². The Kier molecular flexibility index (Phi) is 8.38. The Morgan fingerprint density at radius 3 is 2.47 bits per heavy atom. The molecule has 2 atom stereocenters. The zero-order valence-electron chi connectivity index (χ0n) is 22.9. The Hall–Kier alpha value is -3.83. The van der Waals surface area contributed by atoms with E-state index in [0.717, 1.165) is 17.7 Å². The van der Waals surface area contributed by atoms with E-state index in [1.165, 1.54) is 23.4 Å². The van der Waals surface area contributed by atoms with Gasteiger partial charge in [-0.15, -0.1) is 5.73 Å². The van der Waals surface area contributed by atoms with Crippen LogP contribution in [-0.4, -0.2) is 72.8 Å². The third-order valence-electron chi connectivity index (χ3n) is 7.58. The van der Waals surface area contributed by atoms with Crippen molar-refractivity contribution in [3.8, 4) is 0 Å². The molecule has 38 heavy (non-hydrogen) atoms. The highest BCUT2D eigenvalue weighted by Crippen LogP contribution is 2.34. The molecule has 0 bridgehead atoms. The number of rotatable bonds is 6. The highest BCUT2D eigenvalue weighted by molar-refractivity contribution is 6.02. The molecule has 1 fully saturated rings. The van der Waals surface area contributed by atoms with Crippen LogP contribution in [0.2, 0.25) is 0 Å². The summed E-state index contributed by atoms with van der Waals surface area (Å²) >= 11 is 0. The summed E-state index contributed by atoms with van der Waals surface area (Å²) < 4.78 is 13.4. The quantitative estimate of drug-likeness (QED) is 0.516. The van der Waals surface area contributed by atoms with Gasteiger partial charge in [0.15, 0.2) is 0 Å². The van der Waals surface area contributed by atoms with Crippen molar-refractivity contribution in [2.45, 2.75) is 33.2 Å². The van der Waals surface area contributed by atoms with Crippen molar-refractivity contribution in [2.75, 3.05) is 45.2 Å². The molecule has 200 valence electrons. The lowest BCUT2D eigenvalue weighted by molar-refractivity contribution is -0.138. The smallest absolute Gasteiger partial charge is 0.255 e. The third-order valence-corrected chi connectivity index (χ3v) is 7.58. The number of hydrogen-bond donors (Lipinski definition) is 0. The van der Waals surface area contributed by atoms with Gasteiger partial charge < -0.3 is 19.6 Å². The molecular weight excluding hydrogens is 479 g/mol. The zero-order valence-corrected chi connectivity index (χ0v) is 22.9. The first-order chi connectivity index (χ1) is 18.2. The van der Waals surface area contributed by atoms with Crippen LogP contribution in [0.1, 0.15) is 27.2 Å². The lowest BCUT2D eigenvalue weighted by atomic mass is 9.81. The molecule has 1 aromatic rings. The van der Waals surface area contributed by atoms with Gasteiger partial charge in [-0.05, 0) is 68.3 Å². The van der Waals surface area contributed by atoms with Gasteiger partial charge >= 0.3 is 0 Å². The number of nitrogens with zero attached hydrogens (tertiary/aromatic N) is 4. The average Bonchev–Trinajstić information content (AvgIpc) is 3.16. The van der Waals surface area contributed by atoms with Gasteiger partial charge in [-0.2, -0.15) is 0 Å². The van der Waals surface area contributed by atoms with Crippen LogP contribution in [0.25, 0.3) is 0 Å². The largest absolute Gasteiger partial charge is 0.368 e. The molecule has 1 aliphatic carbocycles. The Morgan fingerprint density at radius 2 is 1.84 bits per heavy atom. The van der Waals surface area contributed by atoms with E-state index in [2.05, 4.69) is 36.3 Å². The van der Waals surface area contributed by atoms with Gasteiger partial charge in [-0.25, -0.2) is 4.39 Å². The minimum absolute atomic E-state index is 0.00536. The number of anilines is 1. The third kappa shape index (κ3) is 5.53. The summed E-state index contributed by atoms with van der Waals surface area (Å²) in [5.41, 5.74) is 7.65. The van der Waals surface area contributed by atoms with Crippen LogP contribution in [0.5, 0.6) is 0 Å². The normalized spacial score (nSPS) is 21.2. The second kappa shape index (κ2) is 11.7. The Balaban J connectivity index is 1.63. The highest BCUT2D eigenvalue weighted by Gasteiger charge is 2.43.